The number of nitrogens with zero attached hydrogens (tertiary/aromatic N) is 3. The Balaban J connectivity index is 0.00000176. The Labute approximate surface area is 136 Å². The van der Waals surface area contributed by atoms with Crippen LogP contribution in [0.5, 0.6) is 0 Å². The van der Waals surface area contributed by atoms with Crippen molar-refractivity contribution >= 4 is 18.3 Å². The first-order chi connectivity index (χ1) is 10.2. The molecule has 3 rings (SSSR count). The summed E-state index contributed by atoms with van der Waals surface area (Å²) in [4.78, 5) is 14.6. The van der Waals surface area contributed by atoms with E-state index < -0.39 is 0 Å². The molecule has 0 aliphatic carbocycles. The van der Waals surface area contributed by atoms with E-state index in [1.165, 1.54) is 0 Å². The second-order valence-electron chi connectivity index (χ2n) is 5.48. The van der Waals surface area contributed by atoms with Crippen molar-refractivity contribution in [3.8, 4) is 5.69 Å². The summed E-state index contributed by atoms with van der Waals surface area (Å²) in [6.45, 7) is 5.81. The SMILES string of the molecule is CC1NCCN(C(=O)c2ccc(-n3cccn3)cc2)C1C.Cl. The number of amides is 1. The minimum Gasteiger partial charge on any atom is -0.333 e. The highest BCUT2D eigenvalue weighted by Gasteiger charge is 2.28. The number of piperazine rings is 1. The van der Waals surface area contributed by atoms with Gasteiger partial charge in [-0.2, -0.15) is 5.10 Å². The van der Waals surface area contributed by atoms with Gasteiger partial charge >= 0.3 is 0 Å². The molecule has 1 aromatic carbocycles. The summed E-state index contributed by atoms with van der Waals surface area (Å²) in [6, 6.07) is 10.0. The summed E-state index contributed by atoms with van der Waals surface area (Å²) in [7, 11) is 0. The molecule has 0 bridgehead atoms. The van der Waals surface area contributed by atoms with E-state index in [9.17, 15) is 4.79 Å². The minimum atomic E-state index is 0. The van der Waals surface area contributed by atoms with E-state index in [1.54, 1.807) is 10.9 Å². The van der Waals surface area contributed by atoms with E-state index in [-0.39, 0.29) is 24.4 Å². The zero-order valence-electron chi connectivity index (χ0n) is 12.8. The monoisotopic (exact) mass is 320 g/mol. The van der Waals surface area contributed by atoms with Gasteiger partial charge in [-0.3, -0.25) is 4.79 Å². The number of hydrogen-bond donors (Lipinski definition) is 1. The van der Waals surface area contributed by atoms with Gasteiger partial charge in [0.05, 0.1) is 5.69 Å². The first-order valence-electron chi connectivity index (χ1n) is 7.31. The van der Waals surface area contributed by atoms with Crippen molar-refractivity contribution in [2.75, 3.05) is 13.1 Å². The van der Waals surface area contributed by atoms with Crippen molar-refractivity contribution in [2.45, 2.75) is 25.9 Å². The van der Waals surface area contributed by atoms with E-state index >= 15 is 0 Å². The third kappa shape index (κ3) is 3.15. The van der Waals surface area contributed by atoms with Gasteiger partial charge in [0.1, 0.15) is 0 Å². The van der Waals surface area contributed by atoms with Crippen LogP contribution in [0.15, 0.2) is 42.7 Å². The Morgan fingerprint density at radius 2 is 2.00 bits per heavy atom. The van der Waals surface area contributed by atoms with Gasteiger partial charge in [0.2, 0.25) is 0 Å². The zero-order chi connectivity index (χ0) is 14.8. The number of nitrogens with one attached hydrogen (secondary N) is 1. The lowest BCUT2D eigenvalue weighted by molar-refractivity contribution is 0.0603. The summed E-state index contributed by atoms with van der Waals surface area (Å²) in [5.41, 5.74) is 1.69. The summed E-state index contributed by atoms with van der Waals surface area (Å²) in [5.74, 6) is 0.0999. The van der Waals surface area contributed by atoms with Crippen molar-refractivity contribution in [1.29, 1.82) is 0 Å². The summed E-state index contributed by atoms with van der Waals surface area (Å²) in [5, 5.41) is 7.58. The maximum Gasteiger partial charge on any atom is 0.254 e. The Hall–Kier alpha value is -1.85. The van der Waals surface area contributed by atoms with Crippen LogP contribution in [0.2, 0.25) is 0 Å². The largest absolute Gasteiger partial charge is 0.333 e. The molecule has 1 saturated heterocycles. The average molecular weight is 321 g/mol. The Bertz CT molecular complexity index is 612. The van der Waals surface area contributed by atoms with Crippen molar-refractivity contribution in [1.82, 2.24) is 20.0 Å². The maximum atomic E-state index is 12.6. The Morgan fingerprint density at radius 3 is 2.64 bits per heavy atom. The molecule has 6 heteroatoms. The van der Waals surface area contributed by atoms with Gasteiger partial charge in [-0.05, 0) is 44.2 Å². The van der Waals surface area contributed by atoms with Crippen LogP contribution in [-0.2, 0) is 0 Å². The third-order valence-corrected chi connectivity index (χ3v) is 4.18. The lowest BCUT2D eigenvalue weighted by Crippen LogP contribution is -2.57. The number of halogens is 1. The molecule has 1 fully saturated rings. The van der Waals surface area contributed by atoms with Gasteiger partial charge in [-0.15, -0.1) is 12.4 Å². The van der Waals surface area contributed by atoms with Gasteiger partial charge < -0.3 is 10.2 Å². The highest BCUT2D eigenvalue weighted by Crippen LogP contribution is 2.15. The molecule has 0 radical (unpaired) electrons. The van der Waals surface area contributed by atoms with Gasteiger partial charge in [0.25, 0.3) is 5.91 Å². The molecule has 2 unspecified atom stereocenters. The first-order valence-corrected chi connectivity index (χ1v) is 7.31. The van der Waals surface area contributed by atoms with Crippen LogP contribution in [0.3, 0.4) is 0 Å². The lowest BCUT2D eigenvalue weighted by atomic mass is 10.1. The van der Waals surface area contributed by atoms with E-state index in [2.05, 4.69) is 24.3 Å². The molecule has 0 saturated carbocycles. The zero-order valence-corrected chi connectivity index (χ0v) is 13.6. The van der Waals surface area contributed by atoms with Crippen LogP contribution in [0.25, 0.3) is 5.69 Å². The van der Waals surface area contributed by atoms with Crippen LogP contribution in [-0.4, -0.2) is 45.8 Å². The van der Waals surface area contributed by atoms with Crippen LogP contribution < -0.4 is 5.32 Å². The predicted molar refractivity (Wildman–Crippen MR) is 88.8 cm³/mol. The molecule has 1 aliphatic heterocycles. The predicted octanol–water partition coefficient (Wildman–Crippen LogP) is 2.12. The van der Waals surface area contributed by atoms with Gasteiger partial charge in [0, 0.05) is 43.1 Å². The number of hydrogen-bond acceptors (Lipinski definition) is 3. The van der Waals surface area contributed by atoms with E-state index in [0.29, 0.717) is 6.04 Å². The lowest BCUT2D eigenvalue weighted by Gasteiger charge is -2.38. The molecule has 0 spiro atoms. The molecular weight excluding hydrogens is 300 g/mol. The fourth-order valence-corrected chi connectivity index (χ4v) is 2.69. The van der Waals surface area contributed by atoms with Crippen molar-refractivity contribution in [3.63, 3.8) is 0 Å². The molecule has 2 atom stereocenters. The summed E-state index contributed by atoms with van der Waals surface area (Å²) in [6.07, 6.45) is 3.62. The normalized spacial score (nSPS) is 21.3. The summed E-state index contributed by atoms with van der Waals surface area (Å²) >= 11 is 0. The van der Waals surface area contributed by atoms with Crippen LogP contribution >= 0.6 is 12.4 Å². The summed E-state index contributed by atoms with van der Waals surface area (Å²) < 4.78 is 1.78. The van der Waals surface area contributed by atoms with Crippen molar-refractivity contribution < 1.29 is 4.79 Å². The average Bonchev–Trinajstić information content (AvgIpc) is 3.04. The molecule has 118 valence electrons. The third-order valence-electron chi connectivity index (χ3n) is 4.18. The Kier molecular flexibility index (Phi) is 5.21. The standard InChI is InChI=1S/C16H20N4O.ClH/c1-12-13(2)19(11-9-17-12)16(21)14-4-6-15(7-5-14)20-10-3-8-18-20;/h3-8,10,12-13,17H,9,11H2,1-2H3;1H. The van der Waals surface area contributed by atoms with Crippen molar-refractivity contribution in [3.05, 3.63) is 48.3 Å². The highest BCUT2D eigenvalue weighted by molar-refractivity contribution is 5.94. The molecule has 5 nitrogen and oxygen atoms in total. The van der Waals surface area contributed by atoms with E-state index in [0.717, 1.165) is 24.3 Å². The molecule has 1 N–H and O–H groups in total. The minimum absolute atomic E-state index is 0. The van der Waals surface area contributed by atoms with Gasteiger partial charge in [-0.1, -0.05) is 0 Å². The molecule has 1 amide bonds. The molecule has 2 aromatic rings. The number of rotatable bonds is 2. The van der Waals surface area contributed by atoms with Gasteiger partial charge in [0.15, 0.2) is 0 Å². The molecule has 2 heterocycles. The number of benzene rings is 1. The van der Waals surface area contributed by atoms with E-state index in [1.807, 2.05) is 41.4 Å². The second kappa shape index (κ2) is 6.94. The fraction of sp³-hybridized carbons (Fsp3) is 0.375. The van der Waals surface area contributed by atoms with Crippen LogP contribution in [0, 0.1) is 0 Å². The molecule has 1 aliphatic rings. The molecular formula is C16H21ClN4O. The quantitative estimate of drug-likeness (QED) is 0.922. The first kappa shape index (κ1) is 16.5. The fourth-order valence-electron chi connectivity index (χ4n) is 2.69. The smallest absolute Gasteiger partial charge is 0.254 e. The van der Waals surface area contributed by atoms with E-state index in [4.69, 9.17) is 0 Å². The number of carbonyl (C=O) groups is 1. The number of carbonyl (C=O) groups excluding carboxylic acids is 1. The molecule has 1 aromatic heterocycles. The second-order valence-corrected chi connectivity index (χ2v) is 5.48. The van der Waals surface area contributed by atoms with Gasteiger partial charge in [-0.25, -0.2) is 4.68 Å². The topological polar surface area (TPSA) is 50.2 Å². The molecule has 22 heavy (non-hydrogen) atoms. The van der Waals surface area contributed by atoms with Crippen LogP contribution in [0.4, 0.5) is 0 Å². The number of aromatic nitrogens is 2. The van der Waals surface area contributed by atoms with Crippen LogP contribution in [0.1, 0.15) is 24.2 Å². The highest BCUT2D eigenvalue weighted by atomic mass is 35.5. The van der Waals surface area contributed by atoms with Crippen molar-refractivity contribution in [2.24, 2.45) is 0 Å². The Morgan fingerprint density at radius 1 is 1.27 bits per heavy atom. The maximum absolute atomic E-state index is 12.6.